The third kappa shape index (κ3) is 2.76. The van der Waals surface area contributed by atoms with Gasteiger partial charge in [-0.25, -0.2) is 4.98 Å². The van der Waals surface area contributed by atoms with Crippen molar-refractivity contribution < 1.29 is 4.92 Å². The summed E-state index contributed by atoms with van der Waals surface area (Å²) in [6.07, 6.45) is 1.09. The second-order valence-corrected chi connectivity index (χ2v) is 4.16. The number of anilines is 3. The van der Waals surface area contributed by atoms with E-state index in [1.807, 2.05) is 32.0 Å². The lowest BCUT2D eigenvalue weighted by atomic mass is 10.1. The zero-order chi connectivity index (χ0) is 14.0. The van der Waals surface area contributed by atoms with Gasteiger partial charge in [0, 0.05) is 5.69 Å². The van der Waals surface area contributed by atoms with Crippen LogP contribution in [0.5, 0.6) is 0 Å². The molecule has 1 aromatic heterocycles. The van der Waals surface area contributed by atoms with Crippen LogP contribution in [0.4, 0.5) is 23.1 Å². The number of aryl methyl sites for hydroxylation is 2. The van der Waals surface area contributed by atoms with Gasteiger partial charge in [-0.05, 0) is 25.5 Å². The van der Waals surface area contributed by atoms with Crippen LogP contribution in [0.25, 0.3) is 0 Å². The van der Waals surface area contributed by atoms with Crippen molar-refractivity contribution in [3.05, 3.63) is 45.6 Å². The molecule has 0 fully saturated rings. The lowest BCUT2D eigenvalue weighted by molar-refractivity contribution is -0.384. The molecule has 3 N–H and O–H groups in total. The molecule has 0 atom stereocenters. The summed E-state index contributed by atoms with van der Waals surface area (Å²) in [5.41, 5.74) is 8.06. The number of nitro groups is 1. The van der Waals surface area contributed by atoms with Crippen LogP contribution >= 0.6 is 0 Å². The molecule has 1 aromatic carbocycles. The first-order valence-electron chi connectivity index (χ1n) is 5.58. The monoisotopic (exact) mass is 259 g/mol. The van der Waals surface area contributed by atoms with Crippen molar-refractivity contribution in [1.82, 2.24) is 9.97 Å². The van der Waals surface area contributed by atoms with Crippen LogP contribution in [0.2, 0.25) is 0 Å². The van der Waals surface area contributed by atoms with Crippen LogP contribution in [-0.2, 0) is 0 Å². The van der Waals surface area contributed by atoms with E-state index in [0.717, 1.165) is 23.0 Å². The van der Waals surface area contributed by atoms with Crippen LogP contribution in [0.15, 0.2) is 24.4 Å². The highest BCUT2D eigenvalue weighted by Crippen LogP contribution is 2.27. The van der Waals surface area contributed by atoms with Gasteiger partial charge >= 0.3 is 5.69 Å². The van der Waals surface area contributed by atoms with Crippen molar-refractivity contribution in [3.63, 3.8) is 0 Å². The Labute approximate surface area is 109 Å². The van der Waals surface area contributed by atoms with Gasteiger partial charge in [0.05, 0.1) is 4.92 Å². The summed E-state index contributed by atoms with van der Waals surface area (Å²) in [6, 6.07) is 5.72. The Hall–Kier alpha value is -2.70. The summed E-state index contributed by atoms with van der Waals surface area (Å²) in [5, 5.41) is 13.8. The molecule has 0 bridgehead atoms. The Morgan fingerprint density at radius 3 is 2.74 bits per heavy atom. The van der Waals surface area contributed by atoms with Crippen LogP contribution in [0, 0.1) is 24.0 Å². The normalized spacial score (nSPS) is 10.2. The quantitative estimate of drug-likeness (QED) is 0.647. The molecule has 1 heterocycles. The maximum absolute atomic E-state index is 10.9. The first-order chi connectivity index (χ1) is 8.97. The summed E-state index contributed by atoms with van der Waals surface area (Å²) in [6.45, 7) is 3.88. The van der Waals surface area contributed by atoms with Gasteiger partial charge in [0.1, 0.15) is 6.20 Å². The van der Waals surface area contributed by atoms with Gasteiger partial charge in [0.25, 0.3) is 0 Å². The van der Waals surface area contributed by atoms with Gasteiger partial charge in [0.15, 0.2) is 0 Å². The van der Waals surface area contributed by atoms with Gasteiger partial charge < -0.3 is 11.1 Å². The first kappa shape index (κ1) is 12.7. The topological polar surface area (TPSA) is 107 Å². The molecule has 7 nitrogen and oxygen atoms in total. The average Bonchev–Trinajstić information content (AvgIpc) is 2.32. The molecule has 98 valence electrons. The molecule has 0 radical (unpaired) electrons. The molecule has 2 rings (SSSR count). The second-order valence-electron chi connectivity index (χ2n) is 4.16. The maximum Gasteiger partial charge on any atom is 0.329 e. The fourth-order valence-electron chi connectivity index (χ4n) is 1.70. The van der Waals surface area contributed by atoms with E-state index < -0.39 is 4.92 Å². The summed E-state index contributed by atoms with van der Waals surface area (Å²) >= 11 is 0. The number of nitrogens with two attached hydrogens (primary N) is 1. The first-order valence-corrected chi connectivity index (χ1v) is 5.58. The molecule has 0 amide bonds. The fraction of sp³-hybridized carbons (Fsp3) is 0.167. The zero-order valence-electron chi connectivity index (χ0n) is 10.5. The van der Waals surface area contributed by atoms with Gasteiger partial charge in [0.2, 0.25) is 11.8 Å². The van der Waals surface area contributed by atoms with E-state index in [4.69, 9.17) is 5.73 Å². The summed E-state index contributed by atoms with van der Waals surface area (Å²) in [4.78, 5) is 17.8. The molecule has 19 heavy (non-hydrogen) atoms. The standard InChI is InChI=1S/C12H13N5O2/c1-7-3-4-9(8(2)5-7)15-11-10(17(18)19)6-14-12(13)16-11/h3-6H,1-2H3,(H3,13,14,15,16). The number of rotatable bonds is 3. The Balaban J connectivity index is 2.42. The minimum Gasteiger partial charge on any atom is -0.368 e. The van der Waals surface area contributed by atoms with Crippen molar-refractivity contribution in [2.45, 2.75) is 13.8 Å². The number of nitrogen functional groups attached to an aromatic ring is 1. The lowest BCUT2D eigenvalue weighted by Crippen LogP contribution is -2.04. The third-order valence-corrected chi connectivity index (χ3v) is 2.62. The molecule has 0 saturated heterocycles. The summed E-state index contributed by atoms with van der Waals surface area (Å²) in [5.74, 6) is 0.0716. The number of hydrogen-bond donors (Lipinski definition) is 2. The maximum atomic E-state index is 10.9. The Morgan fingerprint density at radius 1 is 1.37 bits per heavy atom. The minimum atomic E-state index is -0.550. The zero-order valence-corrected chi connectivity index (χ0v) is 10.5. The SMILES string of the molecule is Cc1ccc(Nc2nc(N)ncc2[N+](=O)[O-])c(C)c1. The fourth-order valence-corrected chi connectivity index (χ4v) is 1.70. The van der Waals surface area contributed by atoms with Gasteiger partial charge in [-0.3, -0.25) is 10.1 Å². The van der Waals surface area contributed by atoms with Gasteiger partial charge in [-0.2, -0.15) is 4.98 Å². The van der Waals surface area contributed by atoms with Crippen LogP contribution in [0.1, 0.15) is 11.1 Å². The molecule has 2 aromatic rings. The van der Waals surface area contributed by atoms with Crippen LogP contribution in [-0.4, -0.2) is 14.9 Å². The van der Waals surface area contributed by atoms with Crippen LogP contribution in [0.3, 0.4) is 0 Å². The van der Waals surface area contributed by atoms with E-state index in [1.165, 1.54) is 0 Å². The van der Waals surface area contributed by atoms with Crippen molar-refractivity contribution in [2.24, 2.45) is 0 Å². The highest BCUT2D eigenvalue weighted by atomic mass is 16.6. The van der Waals surface area contributed by atoms with E-state index in [-0.39, 0.29) is 17.5 Å². The summed E-state index contributed by atoms with van der Waals surface area (Å²) < 4.78 is 0. The van der Waals surface area contributed by atoms with E-state index in [2.05, 4.69) is 15.3 Å². The average molecular weight is 259 g/mol. The predicted octanol–water partition coefficient (Wildman–Crippen LogP) is 2.33. The highest BCUT2D eigenvalue weighted by molar-refractivity contribution is 5.68. The number of nitrogens with one attached hydrogen (secondary N) is 1. The molecule has 0 saturated carbocycles. The molecule has 0 aliphatic heterocycles. The Kier molecular flexibility index (Phi) is 3.28. The van der Waals surface area contributed by atoms with Crippen molar-refractivity contribution in [2.75, 3.05) is 11.1 Å². The molecular formula is C12H13N5O2. The number of aromatic nitrogens is 2. The van der Waals surface area contributed by atoms with Crippen molar-refractivity contribution in [3.8, 4) is 0 Å². The van der Waals surface area contributed by atoms with E-state index >= 15 is 0 Å². The predicted molar refractivity (Wildman–Crippen MR) is 72.3 cm³/mol. The largest absolute Gasteiger partial charge is 0.368 e. The molecule has 0 unspecified atom stereocenters. The molecule has 0 aliphatic rings. The third-order valence-electron chi connectivity index (χ3n) is 2.62. The van der Waals surface area contributed by atoms with Crippen molar-refractivity contribution >= 4 is 23.1 Å². The smallest absolute Gasteiger partial charge is 0.329 e. The molecule has 7 heteroatoms. The van der Waals surface area contributed by atoms with Crippen molar-refractivity contribution in [1.29, 1.82) is 0 Å². The van der Waals surface area contributed by atoms with E-state index in [0.29, 0.717) is 0 Å². The van der Waals surface area contributed by atoms with E-state index in [1.54, 1.807) is 0 Å². The molecule has 0 aliphatic carbocycles. The highest BCUT2D eigenvalue weighted by Gasteiger charge is 2.17. The lowest BCUT2D eigenvalue weighted by Gasteiger charge is -2.09. The number of hydrogen-bond acceptors (Lipinski definition) is 6. The van der Waals surface area contributed by atoms with Crippen LogP contribution < -0.4 is 11.1 Å². The van der Waals surface area contributed by atoms with E-state index in [9.17, 15) is 10.1 Å². The number of benzene rings is 1. The number of nitrogens with zero attached hydrogens (tertiary/aromatic N) is 3. The van der Waals surface area contributed by atoms with Gasteiger partial charge in [-0.15, -0.1) is 0 Å². The van der Waals surface area contributed by atoms with Gasteiger partial charge in [-0.1, -0.05) is 17.7 Å². The second kappa shape index (κ2) is 4.89. The molecular weight excluding hydrogens is 246 g/mol. The Bertz CT molecular complexity index is 642. The minimum absolute atomic E-state index is 0.0159. The summed E-state index contributed by atoms with van der Waals surface area (Å²) in [7, 11) is 0. The Morgan fingerprint density at radius 2 is 2.11 bits per heavy atom. The molecule has 0 spiro atoms.